The summed E-state index contributed by atoms with van der Waals surface area (Å²) in [6.45, 7) is 1.29. The predicted octanol–water partition coefficient (Wildman–Crippen LogP) is 3.65. The Bertz CT molecular complexity index is 980. The van der Waals surface area contributed by atoms with E-state index in [2.05, 4.69) is 4.72 Å². The lowest BCUT2D eigenvalue weighted by molar-refractivity contribution is 0.0473. The number of aryl methyl sites for hydroxylation is 1. The van der Waals surface area contributed by atoms with E-state index in [-0.39, 0.29) is 22.3 Å². The first-order chi connectivity index (χ1) is 13.9. The van der Waals surface area contributed by atoms with Gasteiger partial charge in [0.15, 0.2) is 12.4 Å². The molecule has 3 rings (SSSR count). The molecule has 0 unspecified atom stereocenters. The number of ether oxygens (including phenoxy) is 1. The van der Waals surface area contributed by atoms with E-state index in [1.807, 2.05) is 0 Å². The lowest BCUT2D eigenvalue weighted by atomic mass is 9.96. The highest BCUT2D eigenvalue weighted by molar-refractivity contribution is 7.89. The zero-order chi connectivity index (χ0) is 20.9. The van der Waals surface area contributed by atoms with Gasteiger partial charge in [0.05, 0.1) is 10.5 Å². The average molecular weight is 416 g/mol. The standard InChI is InChI=1S/C22H25NO5S/c1-16-12-13-19(29(26,27)23-18-10-6-3-7-11-18)14-20(16)22(25)28-15-21(24)17-8-4-2-5-9-17/h2,4-5,8-9,12-14,18,23H,3,6-7,10-11,15H2,1H3. The molecule has 0 heterocycles. The minimum atomic E-state index is -3.73. The molecule has 154 valence electrons. The van der Waals surface area contributed by atoms with Gasteiger partial charge in [0, 0.05) is 11.6 Å². The molecule has 0 saturated heterocycles. The summed E-state index contributed by atoms with van der Waals surface area (Å²) in [7, 11) is -3.73. The fraction of sp³-hybridized carbons (Fsp3) is 0.364. The average Bonchev–Trinajstić information content (AvgIpc) is 2.73. The van der Waals surface area contributed by atoms with Crippen molar-refractivity contribution in [3.05, 3.63) is 65.2 Å². The fourth-order valence-electron chi connectivity index (χ4n) is 3.41. The van der Waals surface area contributed by atoms with Crippen molar-refractivity contribution < 1.29 is 22.7 Å². The Hall–Kier alpha value is -2.51. The van der Waals surface area contributed by atoms with Gasteiger partial charge in [0.2, 0.25) is 10.0 Å². The van der Waals surface area contributed by atoms with Crippen LogP contribution in [0.2, 0.25) is 0 Å². The van der Waals surface area contributed by atoms with Crippen LogP contribution >= 0.6 is 0 Å². The number of sulfonamides is 1. The highest BCUT2D eigenvalue weighted by atomic mass is 32.2. The molecular formula is C22H25NO5S. The maximum atomic E-state index is 12.7. The minimum absolute atomic E-state index is 0.0232. The van der Waals surface area contributed by atoms with E-state index >= 15 is 0 Å². The molecule has 2 aromatic carbocycles. The Labute approximate surface area is 171 Å². The molecule has 0 bridgehead atoms. The molecule has 0 spiro atoms. The van der Waals surface area contributed by atoms with Crippen molar-refractivity contribution >= 4 is 21.8 Å². The Morgan fingerprint density at radius 2 is 1.72 bits per heavy atom. The molecule has 0 aromatic heterocycles. The highest BCUT2D eigenvalue weighted by Crippen LogP contribution is 2.21. The zero-order valence-corrected chi connectivity index (χ0v) is 17.2. The number of carbonyl (C=O) groups excluding carboxylic acids is 2. The number of ketones is 1. The van der Waals surface area contributed by atoms with Crippen LogP contribution in [0.15, 0.2) is 53.4 Å². The van der Waals surface area contributed by atoms with Gasteiger partial charge in [-0.15, -0.1) is 0 Å². The summed E-state index contributed by atoms with van der Waals surface area (Å²) in [5.74, 6) is -1.04. The Morgan fingerprint density at radius 1 is 1.03 bits per heavy atom. The van der Waals surface area contributed by atoms with Crippen molar-refractivity contribution in [1.29, 1.82) is 0 Å². The molecule has 1 saturated carbocycles. The van der Waals surface area contributed by atoms with Crippen molar-refractivity contribution in [3.63, 3.8) is 0 Å². The maximum Gasteiger partial charge on any atom is 0.338 e. The number of carbonyl (C=O) groups is 2. The van der Waals surface area contributed by atoms with E-state index in [1.165, 1.54) is 12.1 Å². The number of rotatable bonds is 7. The molecule has 1 fully saturated rings. The van der Waals surface area contributed by atoms with E-state index in [4.69, 9.17) is 4.74 Å². The fourth-order valence-corrected chi connectivity index (χ4v) is 4.74. The second kappa shape index (κ2) is 9.33. The Kier molecular flexibility index (Phi) is 6.82. The first kappa shape index (κ1) is 21.2. The quantitative estimate of drug-likeness (QED) is 0.551. The maximum absolute atomic E-state index is 12.7. The van der Waals surface area contributed by atoms with Crippen LogP contribution in [-0.2, 0) is 14.8 Å². The summed E-state index contributed by atoms with van der Waals surface area (Å²) in [6.07, 6.45) is 4.78. The lowest BCUT2D eigenvalue weighted by Gasteiger charge is -2.22. The lowest BCUT2D eigenvalue weighted by Crippen LogP contribution is -2.36. The number of hydrogen-bond donors (Lipinski definition) is 1. The minimum Gasteiger partial charge on any atom is -0.454 e. The largest absolute Gasteiger partial charge is 0.454 e. The molecule has 0 amide bonds. The van der Waals surface area contributed by atoms with Crippen molar-refractivity contribution in [2.45, 2.75) is 50.0 Å². The monoisotopic (exact) mass is 415 g/mol. The van der Waals surface area contributed by atoms with E-state index in [1.54, 1.807) is 43.3 Å². The summed E-state index contributed by atoms with van der Waals surface area (Å²) in [6, 6.07) is 12.8. The third kappa shape index (κ3) is 5.52. The summed E-state index contributed by atoms with van der Waals surface area (Å²) in [5.41, 5.74) is 1.17. The van der Waals surface area contributed by atoms with Gasteiger partial charge in [0.1, 0.15) is 0 Å². The summed E-state index contributed by atoms with van der Waals surface area (Å²) >= 11 is 0. The Morgan fingerprint density at radius 3 is 2.41 bits per heavy atom. The molecular weight excluding hydrogens is 390 g/mol. The van der Waals surface area contributed by atoms with Crippen LogP contribution in [0, 0.1) is 6.92 Å². The molecule has 29 heavy (non-hydrogen) atoms. The molecule has 0 radical (unpaired) electrons. The van der Waals surface area contributed by atoms with Crippen molar-refractivity contribution in [1.82, 2.24) is 4.72 Å². The molecule has 2 aromatic rings. The molecule has 1 aliphatic carbocycles. The molecule has 1 N–H and O–H groups in total. The van der Waals surface area contributed by atoms with Gasteiger partial charge in [-0.1, -0.05) is 55.7 Å². The van der Waals surface area contributed by atoms with E-state index in [9.17, 15) is 18.0 Å². The van der Waals surface area contributed by atoms with Crippen LogP contribution in [0.3, 0.4) is 0 Å². The number of nitrogens with one attached hydrogen (secondary N) is 1. The molecule has 0 atom stereocenters. The first-order valence-corrected chi connectivity index (χ1v) is 11.2. The number of hydrogen-bond acceptors (Lipinski definition) is 5. The number of benzene rings is 2. The van der Waals surface area contributed by atoms with Gasteiger partial charge in [0.25, 0.3) is 0 Å². The second-order valence-corrected chi connectivity index (χ2v) is 9.01. The normalized spacial score (nSPS) is 15.1. The molecule has 7 heteroatoms. The van der Waals surface area contributed by atoms with Gasteiger partial charge in [-0.25, -0.2) is 17.9 Å². The van der Waals surface area contributed by atoms with Crippen molar-refractivity contribution in [3.8, 4) is 0 Å². The van der Waals surface area contributed by atoms with Gasteiger partial charge >= 0.3 is 5.97 Å². The third-order valence-corrected chi connectivity index (χ3v) is 6.61. The zero-order valence-electron chi connectivity index (χ0n) is 16.4. The van der Waals surface area contributed by atoms with Gasteiger partial charge in [-0.2, -0.15) is 0 Å². The summed E-state index contributed by atoms with van der Waals surface area (Å²) < 4.78 is 33.3. The highest BCUT2D eigenvalue weighted by Gasteiger charge is 2.24. The first-order valence-electron chi connectivity index (χ1n) is 9.75. The van der Waals surface area contributed by atoms with Crippen LogP contribution in [0.5, 0.6) is 0 Å². The van der Waals surface area contributed by atoms with Crippen LogP contribution < -0.4 is 4.72 Å². The van der Waals surface area contributed by atoms with Crippen molar-refractivity contribution in [2.24, 2.45) is 0 Å². The summed E-state index contributed by atoms with van der Waals surface area (Å²) in [4.78, 5) is 24.6. The van der Waals surface area contributed by atoms with Crippen molar-refractivity contribution in [2.75, 3.05) is 6.61 Å². The smallest absolute Gasteiger partial charge is 0.338 e. The molecule has 6 nitrogen and oxygen atoms in total. The van der Waals surface area contributed by atoms with Crippen LogP contribution in [0.1, 0.15) is 58.4 Å². The van der Waals surface area contributed by atoms with E-state index < -0.39 is 22.6 Å². The van der Waals surface area contributed by atoms with Crippen LogP contribution in [0.4, 0.5) is 0 Å². The van der Waals surface area contributed by atoms with Crippen LogP contribution in [0.25, 0.3) is 0 Å². The molecule has 0 aliphatic heterocycles. The predicted molar refractivity (Wildman–Crippen MR) is 109 cm³/mol. The number of esters is 1. The van der Waals surface area contributed by atoms with Crippen LogP contribution in [-0.4, -0.2) is 32.8 Å². The van der Waals surface area contributed by atoms with E-state index in [0.29, 0.717) is 11.1 Å². The second-order valence-electron chi connectivity index (χ2n) is 7.30. The molecule has 1 aliphatic rings. The number of Topliss-reactive ketones (excluding diaryl/α,β-unsaturated/α-hetero) is 1. The van der Waals surface area contributed by atoms with E-state index in [0.717, 1.165) is 32.1 Å². The third-order valence-electron chi connectivity index (χ3n) is 5.10. The van der Waals surface area contributed by atoms with Gasteiger partial charge in [-0.3, -0.25) is 4.79 Å². The van der Waals surface area contributed by atoms with Gasteiger partial charge in [-0.05, 0) is 37.5 Å². The summed E-state index contributed by atoms with van der Waals surface area (Å²) in [5, 5.41) is 0. The Balaban J connectivity index is 1.70. The van der Waals surface area contributed by atoms with Gasteiger partial charge < -0.3 is 4.74 Å². The SMILES string of the molecule is Cc1ccc(S(=O)(=O)NC2CCCCC2)cc1C(=O)OCC(=O)c1ccccc1. The topological polar surface area (TPSA) is 89.5 Å².